The minimum Gasteiger partial charge on any atom is -0.497 e. The Morgan fingerprint density at radius 1 is 0.935 bits per heavy atom. The maximum absolute atomic E-state index is 13.7. The Labute approximate surface area is 180 Å². The van der Waals surface area contributed by atoms with Gasteiger partial charge in [-0.1, -0.05) is 19.1 Å². The van der Waals surface area contributed by atoms with Gasteiger partial charge < -0.3 is 19.4 Å². The summed E-state index contributed by atoms with van der Waals surface area (Å²) >= 11 is 0. The quantitative estimate of drug-likeness (QED) is 0.738. The van der Waals surface area contributed by atoms with E-state index in [-0.39, 0.29) is 30.8 Å². The van der Waals surface area contributed by atoms with Crippen LogP contribution in [-0.2, 0) is 14.4 Å². The van der Waals surface area contributed by atoms with E-state index in [1.54, 1.807) is 48.4 Å². The van der Waals surface area contributed by atoms with Crippen LogP contribution in [0.3, 0.4) is 0 Å². The van der Waals surface area contributed by atoms with Gasteiger partial charge in [-0.2, -0.15) is 0 Å². The van der Waals surface area contributed by atoms with Crippen molar-refractivity contribution in [2.45, 2.75) is 25.4 Å². The number of carbonyl (C=O) groups is 3. The molecule has 0 bridgehead atoms. The van der Waals surface area contributed by atoms with E-state index >= 15 is 0 Å². The Morgan fingerprint density at radius 3 is 2.23 bits per heavy atom. The molecule has 0 saturated carbocycles. The highest BCUT2D eigenvalue weighted by Crippen LogP contribution is 2.36. The highest BCUT2D eigenvalue weighted by atomic mass is 19.1. The van der Waals surface area contributed by atoms with Crippen molar-refractivity contribution >= 4 is 23.4 Å². The van der Waals surface area contributed by atoms with E-state index in [2.05, 4.69) is 0 Å². The number of ether oxygens (including phenoxy) is 1. The molecule has 2 atom stereocenters. The van der Waals surface area contributed by atoms with Crippen molar-refractivity contribution < 1.29 is 23.5 Å². The van der Waals surface area contributed by atoms with Gasteiger partial charge in [-0.25, -0.2) is 4.39 Å². The fourth-order valence-corrected chi connectivity index (χ4v) is 4.31. The molecule has 4 rings (SSSR count). The van der Waals surface area contributed by atoms with Crippen molar-refractivity contribution in [3.05, 3.63) is 59.9 Å². The number of piperazine rings is 2. The van der Waals surface area contributed by atoms with Gasteiger partial charge in [-0.3, -0.25) is 14.4 Å². The lowest BCUT2D eigenvalue weighted by molar-refractivity contribution is -0.160. The number of fused-ring (bicyclic) bond motifs is 1. The molecular weight excluding hydrogens is 401 g/mol. The number of benzene rings is 2. The zero-order chi connectivity index (χ0) is 22.1. The molecule has 2 saturated heterocycles. The number of hydrogen-bond donors (Lipinski definition) is 0. The highest BCUT2D eigenvalue weighted by Gasteiger charge is 2.51. The Morgan fingerprint density at radius 2 is 1.61 bits per heavy atom. The molecule has 31 heavy (non-hydrogen) atoms. The third kappa shape index (κ3) is 3.73. The monoisotopic (exact) mass is 425 g/mol. The molecule has 0 radical (unpaired) electrons. The van der Waals surface area contributed by atoms with Gasteiger partial charge in [0.1, 0.15) is 30.7 Å². The summed E-state index contributed by atoms with van der Waals surface area (Å²) in [4.78, 5) is 44.0. The first kappa shape index (κ1) is 20.8. The first-order valence-corrected chi connectivity index (χ1v) is 10.2. The van der Waals surface area contributed by atoms with Crippen LogP contribution in [0, 0.1) is 5.82 Å². The largest absolute Gasteiger partial charge is 0.497 e. The van der Waals surface area contributed by atoms with Gasteiger partial charge in [-0.05, 0) is 48.4 Å². The summed E-state index contributed by atoms with van der Waals surface area (Å²) < 4.78 is 18.7. The molecule has 2 aromatic carbocycles. The summed E-state index contributed by atoms with van der Waals surface area (Å²) in [5.41, 5.74) is 1.20. The number of nitrogens with zero attached hydrogens (tertiary/aromatic N) is 3. The van der Waals surface area contributed by atoms with Crippen LogP contribution in [0.2, 0.25) is 0 Å². The van der Waals surface area contributed by atoms with Gasteiger partial charge in [0.05, 0.1) is 13.2 Å². The van der Waals surface area contributed by atoms with Crippen LogP contribution in [0.1, 0.15) is 24.9 Å². The van der Waals surface area contributed by atoms with Crippen molar-refractivity contribution in [3.63, 3.8) is 0 Å². The molecule has 3 amide bonds. The second-order valence-corrected chi connectivity index (χ2v) is 7.67. The molecule has 0 aliphatic carbocycles. The molecule has 7 nitrogen and oxygen atoms in total. The predicted octanol–water partition coefficient (Wildman–Crippen LogP) is 2.37. The van der Waals surface area contributed by atoms with E-state index in [0.29, 0.717) is 30.0 Å². The van der Waals surface area contributed by atoms with Crippen molar-refractivity contribution in [1.82, 2.24) is 9.80 Å². The number of carbonyl (C=O) groups excluding carboxylic acids is 3. The lowest BCUT2D eigenvalue weighted by Crippen LogP contribution is -2.69. The number of halogens is 1. The molecular formula is C23H24FN3O4. The lowest BCUT2D eigenvalue weighted by Gasteiger charge is -2.50. The molecule has 162 valence electrons. The summed E-state index contributed by atoms with van der Waals surface area (Å²) in [6.45, 7) is 2.11. The van der Waals surface area contributed by atoms with Crippen molar-refractivity contribution in [1.29, 1.82) is 0 Å². The van der Waals surface area contributed by atoms with Gasteiger partial charge in [0.15, 0.2) is 0 Å². The van der Waals surface area contributed by atoms with E-state index in [9.17, 15) is 18.8 Å². The van der Waals surface area contributed by atoms with Crippen LogP contribution in [0.15, 0.2) is 48.5 Å². The summed E-state index contributed by atoms with van der Waals surface area (Å²) in [5.74, 6) is -0.547. The van der Waals surface area contributed by atoms with E-state index in [0.717, 1.165) is 0 Å². The molecule has 2 aliphatic rings. The zero-order valence-electron chi connectivity index (χ0n) is 17.5. The van der Waals surface area contributed by atoms with E-state index in [1.165, 1.54) is 21.9 Å². The smallest absolute Gasteiger partial charge is 0.252 e. The Balaban J connectivity index is 1.76. The van der Waals surface area contributed by atoms with Gasteiger partial charge in [0, 0.05) is 12.2 Å². The third-order valence-electron chi connectivity index (χ3n) is 5.79. The standard InChI is InChI=1S/C23H24FN3O4/c1-3-12-25-19(28)14-27-20(29)13-26(17-8-10-18(31-2)11-9-17)23(30)22(27)21(25)15-4-6-16(24)7-5-15/h4-11,21-22H,3,12-14H2,1-2H3/t21-,22-/m0/s1. The predicted molar refractivity (Wildman–Crippen MR) is 112 cm³/mol. The van der Waals surface area contributed by atoms with Crippen molar-refractivity contribution in [3.8, 4) is 5.75 Å². The van der Waals surface area contributed by atoms with Crippen LogP contribution >= 0.6 is 0 Å². The van der Waals surface area contributed by atoms with Crippen LogP contribution in [0.4, 0.5) is 10.1 Å². The third-order valence-corrected chi connectivity index (χ3v) is 5.79. The van der Waals surface area contributed by atoms with Crippen molar-refractivity contribution in [2.75, 3.05) is 31.6 Å². The lowest BCUT2D eigenvalue weighted by atomic mass is 9.90. The number of rotatable bonds is 5. The van der Waals surface area contributed by atoms with Gasteiger partial charge >= 0.3 is 0 Å². The van der Waals surface area contributed by atoms with Crippen LogP contribution in [0.5, 0.6) is 5.75 Å². The first-order valence-electron chi connectivity index (χ1n) is 10.2. The number of hydrogen-bond acceptors (Lipinski definition) is 4. The number of amides is 3. The van der Waals surface area contributed by atoms with Gasteiger partial charge in [0.2, 0.25) is 11.8 Å². The fraction of sp³-hybridized carbons (Fsp3) is 0.348. The van der Waals surface area contributed by atoms with Gasteiger partial charge in [0.25, 0.3) is 5.91 Å². The number of methoxy groups -OCH3 is 1. The van der Waals surface area contributed by atoms with E-state index < -0.39 is 17.9 Å². The molecule has 0 aromatic heterocycles. The molecule has 0 spiro atoms. The molecule has 2 heterocycles. The average Bonchev–Trinajstić information content (AvgIpc) is 2.78. The Kier molecular flexibility index (Phi) is 5.63. The minimum absolute atomic E-state index is 0.136. The summed E-state index contributed by atoms with van der Waals surface area (Å²) in [6, 6.07) is 11.1. The second kappa shape index (κ2) is 8.37. The minimum atomic E-state index is -0.877. The SMILES string of the molecule is CCCN1C(=O)CN2C(=O)CN(c3ccc(OC)cc3)C(=O)[C@@H]2[C@@H]1c1ccc(F)cc1. The Hall–Kier alpha value is -3.42. The first-order chi connectivity index (χ1) is 14.9. The van der Waals surface area contributed by atoms with Crippen molar-refractivity contribution in [2.24, 2.45) is 0 Å². The van der Waals surface area contributed by atoms with Crippen LogP contribution in [0.25, 0.3) is 0 Å². The summed E-state index contributed by atoms with van der Waals surface area (Å²) in [6.07, 6.45) is 0.695. The molecule has 0 N–H and O–H groups in total. The number of anilines is 1. The summed E-state index contributed by atoms with van der Waals surface area (Å²) in [7, 11) is 1.55. The van der Waals surface area contributed by atoms with E-state index in [1.807, 2.05) is 6.92 Å². The molecule has 2 aliphatic heterocycles. The highest BCUT2D eigenvalue weighted by molar-refractivity contribution is 6.08. The van der Waals surface area contributed by atoms with Crippen LogP contribution < -0.4 is 9.64 Å². The maximum atomic E-state index is 13.7. The molecule has 8 heteroatoms. The molecule has 2 aromatic rings. The Bertz CT molecular complexity index is 993. The molecule has 0 unspecified atom stereocenters. The summed E-state index contributed by atoms with van der Waals surface area (Å²) in [5, 5.41) is 0. The van der Waals surface area contributed by atoms with Crippen LogP contribution in [-0.4, -0.2) is 60.3 Å². The average molecular weight is 425 g/mol. The van der Waals surface area contributed by atoms with Gasteiger partial charge in [-0.15, -0.1) is 0 Å². The topological polar surface area (TPSA) is 70.2 Å². The normalized spacial score (nSPS) is 21.4. The van der Waals surface area contributed by atoms with E-state index in [4.69, 9.17) is 4.74 Å². The zero-order valence-corrected chi connectivity index (χ0v) is 17.5. The molecule has 2 fully saturated rings. The second-order valence-electron chi connectivity index (χ2n) is 7.67. The maximum Gasteiger partial charge on any atom is 0.252 e. The fourth-order valence-electron chi connectivity index (χ4n) is 4.31.